The molecule has 1 aromatic carbocycles. The predicted molar refractivity (Wildman–Crippen MR) is 59.7 cm³/mol. The number of hydrogen-bond acceptors (Lipinski definition) is 5. The van der Waals surface area contributed by atoms with Crippen molar-refractivity contribution in [2.45, 2.75) is 13.0 Å². The Labute approximate surface area is 93.2 Å². The Kier molecular flexibility index (Phi) is 2.70. The lowest BCUT2D eigenvalue weighted by Gasteiger charge is -2.05. The summed E-state index contributed by atoms with van der Waals surface area (Å²) in [6.45, 7) is 1.82. The second-order valence-corrected chi connectivity index (χ2v) is 3.52. The number of rotatable bonds is 3. The van der Waals surface area contributed by atoms with Crippen molar-refractivity contribution in [1.29, 1.82) is 0 Å². The van der Waals surface area contributed by atoms with Crippen LogP contribution in [0.25, 0.3) is 11.1 Å². The molecule has 86 valence electrons. The minimum Gasteiger partial charge on any atom is -0.493 e. The SMILES string of the molecule is COc1cc2nc(C(C)N)oc2cc1OC. The van der Waals surface area contributed by atoms with E-state index in [2.05, 4.69) is 4.98 Å². The van der Waals surface area contributed by atoms with Gasteiger partial charge in [-0.25, -0.2) is 4.98 Å². The molecule has 1 unspecified atom stereocenters. The zero-order valence-electron chi connectivity index (χ0n) is 9.48. The molecule has 0 saturated carbocycles. The molecule has 1 aromatic heterocycles. The van der Waals surface area contributed by atoms with Crippen LogP contribution in [0.2, 0.25) is 0 Å². The molecule has 0 aliphatic heterocycles. The standard InChI is InChI=1S/C11H14N2O3/c1-6(12)11-13-7-4-9(14-2)10(15-3)5-8(7)16-11/h4-6H,12H2,1-3H3. The van der Waals surface area contributed by atoms with E-state index in [4.69, 9.17) is 19.6 Å². The number of nitrogens with two attached hydrogens (primary N) is 1. The van der Waals surface area contributed by atoms with Gasteiger partial charge in [-0.2, -0.15) is 0 Å². The maximum absolute atomic E-state index is 5.70. The van der Waals surface area contributed by atoms with Gasteiger partial charge in [0.05, 0.1) is 20.3 Å². The van der Waals surface area contributed by atoms with Gasteiger partial charge in [0.2, 0.25) is 5.89 Å². The van der Waals surface area contributed by atoms with Crippen LogP contribution in [0.3, 0.4) is 0 Å². The van der Waals surface area contributed by atoms with Gasteiger partial charge in [-0.05, 0) is 6.92 Å². The third kappa shape index (κ3) is 1.69. The fourth-order valence-electron chi connectivity index (χ4n) is 1.47. The van der Waals surface area contributed by atoms with Crippen molar-refractivity contribution >= 4 is 11.1 Å². The first-order valence-corrected chi connectivity index (χ1v) is 4.93. The smallest absolute Gasteiger partial charge is 0.212 e. The number of ether oxygens (including phenoxy) is 2. The Morgan fingerprint density at radius 2 is 1.88 bits per heavy atom. The molecule has 2 rings (SSSR count). The number of benzene rings is 1. The second-order valence-electron chi connectivity index (χ2n) is 3.52. The van der Waals surface area contributed by atoms with E-state index in [0.717, 1.165) is 0 Å². The van der Waals surface area contributed by atoms with Gasteiger partial charge in [-0.15, -0.1) is 0 Å². The fourth-order valence-corrected chi connectivity index (χ4v) is 1.47. The van der Waals surface area contributed by atoms with Crippen LogP contribution >= 0.6 is 0 Å². The third-order valence-electron chi connectivity index (χ3n) is 2.30. The lowest BCUT2D eigenvalue weighted by Crippen LogP contribution is -2.04. The molecule has 0 aliphatic rings. The third-order valence-corrected chi connectivity index (χ3v) is 2.30. The molecule has 5 heteroatoms. The van der Waals surface area contributed by atoms with Gasteiger partial charge in [0, 0.05) is 12.1 Å². The summed E-state index contributed by atoms with van der Waals surface area (Å²) >= 11 is 0. The predicted octanol–water partition coefficient (Wildman–Crippen LogP) is 1.86. The summed E-state index contributed by atoms with van der Waals surface area (Å²) in [5.74, 6) is 1.74. The van der Waals surface area contributed by atoms with Crippen molar-refractivity contribution in [3.63, 3.8) is 0 Å². The van der Waals surface area contributed by atoms with Crippen LogP contribution in [0.15, 0.2) is 16.5 Å². The van der Waals surface area contributed by atoms with E-state index in [-0.39, 0.29) is 6.04 Å². The number of nitrogens with zero attached hydrogens (tertiary/aromatic N) is 1. The summed E-state index contributed by atoms with van der Waals surface area (Å²) in [6, 6.07) is 3.28. The van der Waals surface area contributed by atoms with Gasteiger partial charge < -0.3 is 19.6 Å². The average Bonchev–Trinajstić information content (AvgIpc) is 2.69. The van der Waals surface area contributed by atoms with E-state index in [9.17, 15) is 0 Å². The van der Waals surface area contributed by atoms with Crippen LogP contribution in [0.4, 0.5) is 0 Å². The summed E-state index contributed by atoms with van der Waals surface area (Å²) in [6.07, 6.45) is 0. The molecule has 0 spiro atoms. The summed E-state index contributed by atoms with van der Waals surface area (Å²) < 4.78 is 15.8. The van der Waals surface area contributed by atoms with Gasteiger partial charge in [-0.1, -0.05) is 0 Å². The van der Waals surface area contributed by atoms with E-state index in [1.165, 1.54) is 0 Å². The van der Waals surface area contributed by atoms with Crippen molar-refractivity contribution in [3.8, 4) is 11.5 Å². The molecule has 0 radical (unpaired) electrons. The summed E-state index contributed by atoms with van der Waals surface area (Å²) in [5.41, 5.74) is 7.06. The first kappa shape index (κ1) is 10.8. The van der Waals surface area contributed by atoms with Crippen LogP contribution in [-0.2, 0) is 0 Å². The van der Waals surface area contributed by atoms with Gasteiger partial charge in [0.1, 0.15) is 5.52 Å². The van der Waals surface area contributed by atoms with Crippen molar-refractivity contribution in [3.05, 3.63) is 18.0 Å². The molecular formula is C11H14N2O3. The van der Waals surface area contributed by atoms with E-state index in [1.54, 1.807) is 26.4 Å². The summed E-state index contributed by atoms with van der Waals surface area (Å²) in [5, 5.41) is 0. The lowest BCUT2D eigenvalue weighted by atomic mass is 10.3. The number of aromatic nitrogens is 1. The maximum atomic E-state index is 5.70. The molecule has 2 aromatic rings. The Morgan fingerprint density at radius 3 is 2.44 bits per heavy atom. The topological polar surface area (TPSA) is 70.5 Å². The highest BCUT2D eigenvalue weighted by Crippen LogP contribution is 2.32. The first-order valence-electron chi connectivity index (χ1n) is 4.93. The molecule has 0 saturated heterocycles. The first-order chi connectivity index (χ1) is 7.65. The van der Waals surface area contributed by atoms with Gasteiger partial charge >= 0.3 is 0 Å². The highest BCUT2D eigenvalue weighted by Gasteiger charge is 2.13. The molecule has 0 fully saturated rings. The van der Waals surface area contributed by atoms with Gasteiger partial charge in [0.15, 0.2) is 17.1 Å². The zero-order valence-corrected chi connectivity index (χ0v) is 9.48. The monoisotopic (exact) mass is 222 g/mol. The lowest BCUT2D eigenvalue weighted by molar-refractivity contribution is 0.355. The minimum absolute atomic E-state index is 0.232. The van der Waals surface area contributed by atoms with E-state index >= 15 is 0 Å². The second kappa shape index (κ2) is 4.02. The Balaban J connectivity index is 2.60. The van der Waals surface area contributed by atoms with Crippen molar-refractivity contribution < 1.29 is 13.9 Å². The number of oxazole rings is 1. The summed E-state index contributed by atoms with van der Waals surface area (Å²) in [7, 11) is 3.16. The highest BCUT2D eigenvalue weighted by atomic mass is 16.5. The normalized spacial score (nSPS) is 12.8. The van der Waals surface area contributed by atoms with E-state index in [1.807, 2.05) is 6.92 Å². The average molecular weight is 222 g/mol. The number of methoxy groups -OCH3 is 2. The van der Waals surface area contributed by atoms with Crippen molar-refractivity contribution in [2.75, 3.05) is 14.2 Å². The van der Waals surface area contributed by atoms with E-state index in [0.29, 0.717) is 28.5 Å². The largest absolute Gasteiger partial charge is 0.493 e. The molecule has 2 N–H and O–H groups in total. The fraction of sp³-hybridized carbons (Fsp3) is 0.364. The molecule has 0 aliphatic carbocycles. The molecular weight excluding hydrogens is 208 g/mol. The quantitative estimate of drug-likeness (QED) is 0.858. The maximum Gasteiger partial charge on any atom is 0.212 e. The molecule has 0 amide bonds. The molecule has 1 atom stereocenters. The molecule has 5 nitrogen and oxygen atoms in total. The van der Waals surface area contributed by atoms with Crippen LogP contribution in [0.5, 0.6) is 11.5 Å². The van der Waals surface area contributed by atoms with Gasteiger partial charge in [0.25, 0.3) is 0 Å². The molecule has 0 bridgehead atoms. The summed E-state index contributed by atoms with van der Waals surface area (Å²) in [4.78, 5) is 4.27. The van der Waals surface area contributed by atoms with Crippen molar-refractivity contribution in [1.82, 2.24) is 4.98 Å². The van der Waals surface area contributed by atoms with E-state index < -0.39 is 0 Å². The zero-order chi connectivity index (χ0) is 11.7. The molecule has 16 heavy (non-hydrogen) atoms. The van der Waals surface area contributed by atoms with Crippen LogP contribution in [0.1, 0.15) is 18.9 Å². The Morgan fingerprint density at radius 1 is 1.25 bits per heavy atom. The number of fused-ring (bicyclic) bond motifs is 1. The van der Waals surface area contributed by atoms with Crippen LogP contribution < -0.4 is 15.2 Å². The van der Waals surface area contributed by atoms with Crippen molar-refractivity contribution in [2.24, 2.45) is 5.73 Å². The number of hydrogen-bond donors (Lipinski definition) is 1. The highest BCUT2D eigenvalue weighted by molar-refractivity contribution is 5.77. The Hall–Kier alpha value is -1.75. The minimum atomic E-state index is -0.232. The van der Waals surface area contributed by atoms with Crippen LogP contribution in [0, 0.1) is 0 Å². The Bertz CT molecular complexity index is 464. The van der Waals surface area contributed by atoms with Crippen LogP contribution in [-0.4, -0.2) is 19.2 Å². The molecule has 1 heterocycles. The van der Waals surface area contributed by atoms with Gasteiger partial charge in [-0.3, -0.25) is 0 Å².